The monoisotopic (exact) mass is 360 g/mol. The van der Waals surface area contributed by atoms with Crippen molar-refractivity contribution in [1.82, 2.24) is 10.2 Å². The molecule has 1 aliphatic carbocycles. The zero-order chi connectivity index (χ0) is 17.8. The maximum atomic E-state index is 12.3. The molecule has 0 unspecified atom stereocenters. The van der Waals surface area contributed by atoms with Crippen molar-refractivity contribution in [2.45, 2.75) is 56.6 Å². The van der Waals surface area contributed by atoms with Gasteiger partial charge < -0.3 is 24.4 Å². The lowest BCUT2D eigenvalue weighted by molar-refractivity contribution is -0.179. The molecule has 3 aliphatic rings. The zero-order valence-electron chi connectivity index (χ0n) is 15.2. The van der Waals surface area contributed by atoms with Crippen molar-refractivity contribution < 1.29 is 19.0 Å². The van der Waals surface area contributed by atoms with Crippen molar-refractivity contribution in [3.63, 3.8) is 0 Å². The molecular weight excluding hydrogens is 332 g/mol. The standard InChI is InChI=1S/C20H28N2O4/c23-19(24-15-16-4-2-1-3-5-16)22-11-8-18(14-22)21-17-6-9-20(10-7-17)25-12-13-26-20/h1-5,17-18,21H,6-15H2/t18-/m0/s1. The molecular formula is C20H28N2O4. The van der Waals surface area contributed by atoms with Gasteiger partial charge in [0.05, 0.1) is 13.2 Å². The van der Waals surface area contributed by atoms with Crippen LogP contribution in [0.3, 0.4) is 0 Å². The SMILES string of the molecule is O=C(OCc1ccccc1)N1CC[C@H](NC2CCC3(CC2)OCCO3)C1. The van der Waals surface area contributed by atoms with Crippen LogP contribution < -0.4 is 5.32 Å². The Kier molecular flexibility index (Phi) is 5.43. The Hall–Kier alpha value is -1.63. The third-order valence-corrected chi connectivity index (χ3v) is 5.68. The summed E-state index contributed by atoms with van der Waals surface area (Å²) >= 11 is 0. The first kappa shape index (κ1) is 17.8. The number of carbonyl (C=O) groups excluding carboxylic acids is 1. The molecule has 0 aromatic heterocycles. The van der Waals surface area contributed by atoms with Crippen LogP contribution in [-0.4, -0.2) is 55.2 Å². The number of nitrogens with zero attached hydrogens (tertiary/aromatic N) is 1. The minimum atomic E-state index is -0.304. The second kappa shape index (κ2) is 7.94. The Bertz CT molecular complexity index is 593. The van der Waals surface area contributed by atoms with E-state index in [1.54, 1.807) is 0 Å². The molecule has 1 aromatic rings. The summed E-state index contributed by atoms with van der Waals surface area (Å²) in [4.78, 5) is 14.1. The van der Waals surface area contributed by atoms with Crippen molar-refractivity contribution in [1.29, 1.82) is 0 Å². The van der Waals surface area contributed by atoms with E-state index in [-0.39, 0.29) is 11.9 Å². The molecule has 0 radical (unpaired) electrons. The molecule has 6 nitrogen and oxygen atoms in total. The van der Waals surface area contributed by atoms with Crippen LogP contribution in [0.25, 0.3) is 0 Å². The molecule has 1 saturated carbocycles. The molecule has 1 spiro atoms. The number of nitrogens with one attached hydrogen (secondary N) is 1. The topological polar surface area (TPSA) is 60.0 Å². The quantitative estimate of drug-likeness (QED) is 0.895. The minimum absolute atomic E-state index is 0.214. The molecule has 3 fully saturated rings. The fraction of sp³-hybridized carbons (Fsp3) is 0.650. The fourth-order valence-electron chi connectivity index (χ4n) is 4.22. The number of hydrogen-bond acceptors (Lipinski definition) is 5. The van der Waals surface area contributed by atoms with E-state index in [0.717, 1.165) is 64.0 Å². The molecule has 2 heterocycles. The number of likely N-dealkylation sites (tertiary alicyclic amines) is 1. The molecule has 4 rings (SSSR count). The molecule has 26 heavy (non-hydrogen) atoms. The van der Waals surface area contributed by atoms with Crippen LogP contribution in [0.5, 0.6) is 0 Å². The third-order valence-electron chi connectivity index (χ3n) is 5.68. The Balaban J connectivity index is 1.18. The molecule has 142 valence electrons. The molecule has 1 amide bonds. The van der Waals surface area contributed by atoms with E-state index in [9.17, 15) is 4.79 Å². The summed E-state index contributed by atoms with van der Waals surface area (Å²) in [6.07, 6.45) is 4.81. The van der Waals surface area contributed by atoms with E-state index in [2.05, 4.69) is 5.32 Å². The lowest BCUT2D eigenvalue weighted by Gasteiger charge is -2.36. The lowest BCUT2D eigenvalue weighted by atomic mass is 9.89. The van der Waals surface area contributed by atoms with Gasteiger partial charge in [0.2, 0.25) is 0 Å². The van der Waals surface area contributed by atoms with E-state index in [4.69, 9.17) is 14.2 Å². The van der Waals surface area contributed by atoms with Gasteiger partial charge >= 0.3 is 6.09 Å². The summed E-state index contributed by atoms with van der Waals surface area (Å²) in [5.41, 5.74) is 1.02. The summed E-state index contributed by atoms with van der Waals surface area (Å²) in [6, 6.07) is 10.6. The van der Waals surface area contributed by atoms with Crippen molar-refractivity contribution >= 4 is 6.09 Å². The van der Waals surface area contributed by atoms with Crippen LogP contribution in [0.15, 0.2) is 30.3 Å². The van der Waals surface area contributed by atoms with E-state index < -0.39 is 0 Å². The van der Waals surface area contributed by atoms with Crippen molar-refractivity contribution in [2.24, 2.45) is 0 Å². The molecule has 0 bridgehead atoms. The second-order valence-corrected chi connectivity index (χ2v) is 7.52. The van der Waals surface area contributed by atoms with Crippen molar-refractivity contribution in [3.05, 3.63) is 35.9 Å². The molecule has 1 N–H and O–H groups in total. The molecule has 1 aromatic carbocycles. The molecule has 1 atom stereocenters. The summed E-state index contributed by atoms with van der Waals surface area (Å²) in [5.74, 6) is -0.304. The van der Waals surface area contributed by atoms with Gasteiger partial charge in [-0.2, -0.15) is 0 Å². The van der Waals surface area contributed by atoms with Gasteiger partial charge in [0.1, 0.15) is 6.61 Å². The van der Waals surface area contributed by atoms with Crippen LogP contribution in [0.2, 0.25) is 0 Å². The highest BCUT2D eigenvalue weighted by atomic mass is 16.7. The number of rotatable bonds is 4. The number of benzene rings is 1. The van der Waals surface area contributed by atoms with Gasteiger partial charge in [-0.25, -0.2) is 4.79 Å². The van der Waals surface area contributed by atoms with Gasteiger partial charge in [-0.1, -0.05) is 30.3 Å². The van der Waals surface area contributed by atoms with Crippen LogP contribution in [0.1, 0.15) is 37.7 Å². The summed E-state index contributed by atoms with van der Waals surface area (Å²) in [7, 11) is 0. The van der Waals surface area contributed by atoms with Gasteiger partial charge in [0.15, 0.2) is 5.79 Å². The number of hydrogen-bond donors (Lipinski definition) is 1. The summed E-state index contributed by atoms with van der Waals surface area (Å²) < 4.78 is 17.0. The van der Waals surface area contributed by atoms with E-state index in [1.807, 2.05) is 35.2 Å². The highest BCUT2D eigenvalue weighted by Crippen LogP contribution is 2.36. The third kappa shape index (κ3) is 4.19. The maximum absolute atomic E-state index is 12.3. The normalized spacial score (nSPS) is 25.7. The van der Waals surface area contributed by atoms with Gasteiger partial charge in [-0.05, 0) is 24.8 Å². The predicted molar refractivity (Wildman–Crippen MR) is 96.6 cm³/mol. The maximum Gasteiger partial charge on any atom is 0.410 e. The first-order valence-corrected chi connectivity index (χ1v) is 9.72. The van der Waals surface area contributed by atoms with Gasteiger partial charge in [-0.3, -0.25) is 0 Å². The molecule has 6 heteroatoms. The largest absolute Gasteiger partial charge is 0.445 e. The number of ether oxygens (including phenoxy) is 3. The first-order valence-electron chi connectivity index (χ1n) is 9.72. The first-order chi connectivity index (χ1) is 12.7. The van der Waals surface area contributed by atoms with Gasteiger partial charge in [0.25, 0.3) is 0 Å². The Morgan fingerprint density at radius 2 is 1.85 bits per heavy atom. The average molecular weight is 360 g/mol. The fourth-order valence-corrected chi connectivity index (χ4v) is 4.22. The van der Waals surface area contributed by atoms with E-state index >= 15 is 0 Å². The van der Waals surface area contributed by atoms with Gasteiger partial charge in [0, 0.05) is 38.0 Å². The number of amides is 1. The van der Waals surface area contributed by atoms with E-state index in [0.29, 0.717) is 18.7 Å². The Labute approximate surface area is 154 Å². The highest BCUT2D eigenvalue weighted by molar-refractivity contribution is 5.68. The Morgan fingerprint density at radius 1 is 1.12 bits per heavy atom. The van der Waals surface area contributed by atoms with Crippen molar-refractivity contribution in [3.8, 4) is 0 Å². The second-order valence-electron chi connectivity index (χ2n) is 7.52. The van der Waals surface area contributed by atoms with Gasteiger partial charge in [-0.15, -0.1) is 0 Å². The molecule has 2 aliphatic heterocycles. The Morgan fingerprint density at radius 3 is 2.58 bits per heavy atom. The van der Waals surface area contributed by atoms with E-state index in [1.165, 1.54) is 0 Å². The summed E-state index contributed by atoms with van der Waals surface area (Å²) in [5, 5.41) is 3.72. The zero-order valence-corrected chi connectivity index (χ0v) is 15.2. The van der Waals surface area contributed by atoms with Crippen LogP contribution >= 0.6 is 0 Å². The lowest BCUT2D eigenvalue weighted by Crippen LogP contribution is -2.46. The predicted octanol–water partition coefficient (Wildman–Crippen LogP) is 2.67. The van der Waals surface area contributed by atoms with Crippen molar-refractivity contribution in [2.75, 3.05) is 26.3 Å². The van der Waals surface area contributed by atoms with Crippen LogP contribution in [0.4, 0.5) is 4.79 Å². The van der Waals surface area contributed by atoms with Crippen LogP contribution in [-0.2, 0) is 20.8 Å². The smallest absolute Gasteiger partial charge is 0.410 e. The average Bonchev–Trinajstić information content (AvgIpc) is 3.33. The summed E-state index contributed by atoms with van der Waals surface area (Å²) in [6.45, 7) is 3.26. The number of carbonyl (C=O) groups is 1. The molecule has 2 saturated heterocycles. The van der Waals surface area contributed by atoms with Crippen LogP contribution in [0, 0.1) is 0 Å². The minimum Gasteiger partial charge on any atom is -0.445 e. The highest BCUT2D eigenvalue weighted by Gasteiger charge is 2.41.